The summed E-state index contributed by atoms with van der Waals surface area (Å²) in [4.78, 5) is 0. The zero-order chi connectivity index (χ0) is 15.2. The van der Waals surface area contributed by atoms with Crippen LogP contribution in [-0.4, -0.2) is 14.2 Å². The zero-order valence-electron chi connectivity index (χ0n) is 12.5. The Bertz CT molecular complexity index is 601. The van der Waals surface area contributed by atoms with Gasteiger partial charge in [-0.3, -0.25) is 0 Å². The van der Waals surface area contributed by atoms with E-state index in [-0.39, 0.29) is 6.04 Å². The van der Waals surface area contributed by atoms with E-state index < -0.39 is 0 Å². The Morgan fingerprint density at radius 3 is 2.48 bits per heavy atom. The molecule has 0 heterocycles. The molecule has 2 rings (SSSR count). The predicted octanol–water partition coefficient (Wildman–Crippen LogP) is 4.32. The number of rotatable bonds is 6. The Kier molecular flexibility index (Phi) is 5.65. The van der Waals surface area contributed by atoms with E-state index >= 15 is 0 Å². The van der Waals surface area contributed by atoms with E-state index in [4.69, 9.17) is 9.47 Å². The number of ether oxygens (including phenoxy) is 2. The lowest BCUT2D eigenvalue weighted by molar-refractivity contribution is 0.295. The number of nitrogens with one attached hydrogen (secondary N) is 1. The molecule has 1 N–H and O–H groups in total. The van der Waals surface area contributed by atoms with Crippen LogP contribution >= 0.6 is 15.9 Å². The van der Waals surface area contributed by atoms with Crippen LogP contribution in [-0.2, 0) is 6.61 Å². The molecule has 1 unspecified atom stereocenters. The summed E-state index contributed by atoms with van der Waals surface area (Å²) in [6.07, 6.45) is 0. The SMILES string of the molecule is CNC(C)c1c(OC)cccc1OCc1ccccc1Br. The third-order valence-corrected chi connectivity index (χ3v) is 4.23. The first-order chi connectivity index (χ1) is 10.2. The molecule has 4 heteroatoms. The van der Waals surface area contributed by atoms with E-state index in [1.807, 2.05) is 49.5 Å². The lowest BCUT2D eigenvalue weighted by Gasteiger charge is -2.19. The Hall–Kier alpha value is -1.52. The van der Waals surface area contributed by atoms with Gasteiger partial charge in [0.05, 0.1) is 12.7 Å². The maximum absolute atomic E-state index is 6.02. The molecule has 2 aromatic carbocycles. The molecule has 0 aromatic heterocycles. The number of hydrogen-bond acceptors (Lipinski definition) is 3. The highest BCUT2D eigenvalue weighted by Crippen LogP contribution is 2.34. The van der Waals surface area contributed by atoms with E-state index in [0.717, 1.165) is 27.1 Å². The van der Waals surface area contributed by atoms with Crippen LogP contribution in [0.15, 0.2) is 46.9 Å². The van der Waals surface area contributed by atoms with Crippen LogP contribution in [0, 0.1) is 0 Å². The molecular formula is C17H20BrNO2. The van der Waals surface area contributed by atoms with E-state index in [0.29, 0.717) is 6.61 Å². The minimum atomic E-state index is 0.148. The van der Waals surface area contributed by atoms with Gasteiger partial charge < -0.3 is 14.8 Å². The molecular weight excluding hydrogens is 330 g/mol. The largest absolute Gasteiger partial charge is 0.496 e. The van der Waals surface area contributed by atoms with Gasteiger partial charge in [0, 0.05) is 16.1 Å². The van der Waals surface area contributed by atoms with Gasteiger partial charge in [-0.15, -0.1) is 0 Å². The Balaban J connectivity index is 2.25. The molecule has 0 amide bonds. The normalized spacial score (nSPS) is 12.0. The van der Waals surface area contributed by atoms with E-state index in [9.17, 15) is 0 Å². The Morgan fingerprint density at radius 2 is 1.81 bits per heavy atom. The fourth-order valence-corrected chi connectivity index (χ4v) is 2.57. The fourth-order valence-electron chi connectivity index (χ4n) is 2.17. The quantitative estimate of drug-likeness (QED) is 0.842. The second kappa shape index (κ2) is 7.48. The highest BCUT2D eigenvalue weighted by atomic mass is 79.9. The number of methoxy groups -OCH3 is 1. The molecule has 0 aliphatic rings. The van der Waals surface area contributed by atoms with Crippen LogP contribution in [0.2, 0.25) is 0 Å². The minimum Gasteiger partial charge on any atom is -0.496 e. The first-order valence-corrected chi connectivity index (χ1v) is 7.67. The zero-order valence-corrected chi connectivity index (χ0v) is 14.1. The number of benzene rings is 2. The van der Waals surface area contributed by atoms with Gasteiger partial charge in [0.25, 0.3) is 0 Å². The topological polar surface area (TPSA) is 30.5 Å². The molecule has 0 saturated heterocycles. The molecule has 0 saturated carbocycles. The van der Waals surface area contributed by atoms with E-state index in [2.05, 4.69) is 28.2 Å². The van der Waals surface area contributed by atoms with Crippen molar-refractivity contribution >= 4 is 15.9 Å². The molecule has 0 bridgehead atoms. The molecule has 21 heavy (non-hydrogen) atoms. The fraction of sp³-hybridized carbons (Fsp3) is 0.294. The smallest absolute Gasteiger partial charge is 0.128 e. The van der Waals surface area contributed by atoms with Crippen LogP contribution in [0.5, 0.6) is 11.5 Å². The van der Waals surface area contributed by atoms with Crippen molar-refractivity contribution in [2.75, 3.05) is 14.2 Å². The highest BCUT2D eigenvalue weighted by molar-refractivity contribution is 9.10. The van der Waals surface area contributed by atoms with Gasteiger partial charge >= 0.3 is 0 Å². The monoisotopic (exact) mass is 349 g/mol. The van der Waals surface area contributed by atoms with Gasteiger partial charge in [-0.1, -0.05) is 40.2 Å². The maximum Gasteiger partial charge on any atom is 0.128 e. The second-order valence-electron chi connectivity index (χ2n) is 4.76. The highest BCUT2D eigenvalue weighted by Gasteiger charge is 2.16. The van der Waals surface area contributed by atoms with Crippen LogP contribution in [0.25, 0.3) is 0 Å². The van der Waals surface area contributed by atoms with Crippen molar-refractivity contribution in [3.8, 4) is 11.5 Å². The van der Waals surface area contributed by atoms with Crippen molar-refractivity contribution in [1.29, 1.82) is 0 Å². The van der Waals surface area contributed by atoms with E-state index in [1.165, 1.54) is 0 Å². The molecule has 2 aromatic rings. The van der Waals surface area contributed by atoms with Crippen molar-refractivity contribution in [3.63, 3.8) is 0 Å². The average Bonchev–Trinajstić information content (AvgIpc) is 2.53. The maximum atomic E-state index is 6.02. The molecule has 0 spiro atoms. The second-order valence-corrected chi connectivity index (χ2v) is 5.62. The molecule has 0 aliphatic heterocycles. The van der Waals surface area contributed by atoms with Crippen LogP contribution in [0.1, 0.15) is 24.1 Å². The summed E-state index contributed by atoms with van der Waals surface area (Å²) in [5, 5.41) is 3.24. The predicted molar refractivity (Wildman–Crippen MR) is 88.9 cm³/mol. The average molecular weight is 350 g/mol. The van der Waals surface area contributed by atoms with Crippen LogP contribution in [0.4, 0.5) is 0 Å². The van der Waals surface area contributed by atoms with Crippen LogP contribution < -0.4 is 14.8 Å². The third kappa shape index (κ3) is 3.77. The van der Waals surface area contributed by atoms with Crippen LogP contribution in [0.3, 0.4) is 0 Å². The molecule has 0 radical (unpaired) electrons. The van der Waals surface area contributed by atoms with Gasteiger partial charge in [-0.05, 0) is 32.2 Å². The standard InChI is InChI=1S/C17H20BrNO2/c1-12(19-2)17-15(20-3)9-6-10-16(17)21-11-13-7-4-5-8-14(13)18/h4-10,12,19H,11H2,1-3H3. The Labute approximate surface area is 134 Å². The summed E-state index contributed by atoms with van der Waals surface area (Å²) in [5.74, 6) is 1.67. The number of hydrogen-bond donors (Lipinski definition) is 1. The van der Waals surface area contributed by atoms with Crippen molar-refractivity contribution in [2.24, 2.45) is 0 Å². The van der Waals surface area contributed by atoms with Gasteiger partial charge in [0.1, 0.15) is 18.1 Å². The number of halogens is 1. The molecule has 112 valence electrons. The summed E-state index contributed by atoms with van der Waals surface area (Å²) < 4.78 is 12.5. The summed E-state index contributed by atoms with van der Waals surface area (Å²) in [6.45, 7) is 2.60. The van der Waals surface area contributed by atoms with Gasteiger partial charge in [-0.25, -0.2) is 0 Å². The lowest BCUT2D eigenvalue weighted by Crippen LogP contribution is -2.15. The Morgan fingerprint density at radius 1 is 1.10 bits per heavy atom. The van der Waals surface area contributed by atoms with E-state index in [1.54, 1.807) is 7.11 Å². The summed E-state index contributed by atoms with van der Waals surface area (Å²) >= 11 is 3.54. The summed E-state index contributed by atoms with van der Waals surface area (Å²) in [7, 11) is 3.60. The molecule has 0 aliphatic carbocycles. The van der Waals surface area contributed by atoms with Crippen molar-refractivity contribution < 1.29 is 9.47 Å². The summed E-state index contributed by atoms with van der Waals surface area (Å²) in [5.41, 5.74) is 2.15. The first kappa shape index (κ1) is 15.9. The van der Waals surface area contributed by atoms with Crippen molar-refractivity contribution in [2.45, 2.75) is 19.6 Å². The first-order valence-electron chi connectivity index (χ1n) is 6.87. The molecule has 3 nitrogen and oxygen atoms in total. The minimum absolute atomic E-state index is 0.148. The summed E-state index contributed by atoms with van der Waals surface area (Å²) in [6, 6.07) is 14.1. The lowest BCUT2D eigenvalue weighted by atomic mass is 10.1. The van der Waals surface area contributed by atoms with Gasteiger partial charge in [0.2, 0.25) is 0 Å². The third-order valence-electron chi connectivity index (χ3n) is 3.45. The molecule has 1 atom stereocenters. The van der Waals surface area contributed by atoms with Gasteiger partial charge in [0.15, 0.2) is 0 Å². The van der Waals surface area contributed by atoms with Gasteiger partial charge in [-0.2, -0.15) is 0 Å². The molecule has 0 fully saturated rings. The van der Waals surface area contributed by atoms with Crippen molar-refractivity contribution in [3.05, 3.63) is 58.1 Å². The van der Waals surface area contributed by atoms with Crippen molar-refractivity contribution in [1.82, 2.24) is 5.32 Å².